The zero-order valence-electron chi connectivity index (χ0n) is 16.7. The van der Waals surface area contributed by atoms with E-state index in [1.165, 1.54) is 12.1 Å². The van der Waals surface area contributed by atoms with Crippen molar-refractivity contribution < 1.29 is 33.7 Å². The van der Waals surface area contributed by atoms with Crippen LogP contribution in [0.1, 0.15) is 18.4 Å². The summed E-state index contributed by atoms with van der Waals surface area (Å²) in [6, 6.07) is 6.62. The lowest BCUT2D eigenvalue weighted by molar-refractivity contribution is -0.159. The molecule has 2 heterocycles. The number of benzene rings is 1. The fourth-order valence-corrected chi connectivity index (χ4v) is 3.25. The number of carbonyl (C=O) groups is 3. The second-order valence-electron chi connectivity index (χ2n) is 7.13. The van der Waals surface area contributed by atoms with E-state index in [4.69, 9.17) is 24.5 Å². The number of likely N-dealkylation sites (tertiary alicyclic amines) is 1. The molecule has 0 radical (unpaired) electrons. The van der Waals surface area contributed by atoms with Crippen molar-refractivity contribution >= 4 is 23.9 Å². The maximum absolute atomic E-state index is 13.2. The summed E-state index contributed by atoms with van der Waals surface area (Å²) in [6.07, 6.45) is 6.08. The van der Waals surface area contributed by atoms with Crippen molar-refractivity contribution in [2.75, 3.05) is 45.9 Å². The number of carbonyl (C=O) groups excluding carboxylic acids is 1. The largest absolute Gasteiger partial charge is 0.473 e. The Morgan fingerprint density at radius 2 is 1.70 bits per heavy atom. The molecule has 9 heteroatoms. The third kappa shape index (κ3) is 8.30. The molecule has 1 aromatic carbocycles. The van der Waals surface area contributed by atoms with Crippen LogP contribution in [0.2, 0.25) is 0 Å². The molecule has 164 valence electrons. The fraction of sp³-hybridized carbons (Fsp3) is 0.476. The Hall–Kier alpha value is -2.78. The highest BCUT2D eigenvalue weighted by Crippen LogP contribution is 2.20. The summed E-state index contributed by atoms with van der Waals surface area (Å²) in [6.45, 7) is 5.26. The Labute approximate surface area is 174 Å². The third-order valence-corrected chi connectivity index (χ3v) is 4.95. The number of ether oxygens (including phenoxy) is 1. The van der Waals surface area contributed by atoms with Crippen molar-refractivity contribution in [1.29, 1.82) is 0 Å². The van der Waals surface area contributed by atoms with Crippen molar-refractivity contribution in [2.24, 2.45) is 5.92 Å². The molecule has 0 atom stereocenters. The summed E-state index contributed by atoms with van der Waals surface area (Å²) in [7, 11) is 0. The van der Waals surface area contributed by atoms with Gasteiger partial charge in [0.15, 0.2) is 0 Å². The average molecular weight is 422 g/mol. The van der Waals surface area contributed by atoms with Gasteiger partial charge in [0.1, 0.15) is 5.82 Å². The highest BCUT2D eigenvalue weighted by atomic mass is 19.1. The van der Waals surface area contributed by atoms with Crippen LogP contribution in [0.3, 0.4) is 0 Å². The van der Waals surface area contributed by atoms with Crippen molar-refractivity contribution in [3.05, 3.63) is 41.7 Å². The Bertz CT molecular complexity index is 744. The quantitative estimate of drug-likeness (QED) is 0.709. The Kier molecular flexibility index (Phi) is 9.43. The van der Waals surface area contributed by atoms with E-state index in [-0.39, 0.29) is 11.7 Å². The van der Waals surface area contributed by atoms with Crippen LogP contribution >= 0.6 is 0 Å². The van der Waals surface area contributed by atoms with Gasteiger partial charge in [0.25, 0.3) is 0 Å². The number of rotatable bonds is 4. The molecule has 3 rings (SSSR count). The van der Waals surface area contributed by atoms with Gasteiger partial charge in [-0.25, -0.2) is 14.0 Å². The molecule has 2 N–H and O–H groups in total. The summed E-state index contributed by atoms with van der Waals surface area (Å²) in [5, 5.41) is 14.8. The SMILES string of the molecule is O=C(CN1CCOCC1)N1CCC(/C=C/c2cccc(F)c2)CC1.O=C(O)C(=O)O. The topological polar surface area (TPSA) is 107 Å². The Morgan fingerprint density at radius 1 is 1.07 bits per heavy atom. The summed E-state index contributed by atoms with van der Waals surface area (Å²) in [4.78, 5) is 34.7. The minimum absolute atomic E-state index is 0.208. The molecule has 2 fully saturated rings. The number of hydrogen-bond donors (Lipinski definition) is 2. The number of morpholine rings is 1. The van der Waals surface area contributed by atoms with Crippen LogP contribution in [0.15, 0.2) is 30.3 Å². The summed E-state index contributed by atoms with van der Waals surface area (Å²) >= 11 is 0. The van der Waals surface area contributed by atoms with E-state index in [1.54, 1.807) is 6.07 Å². The van der Waals surface area contributed by atoms with Crippen LogP contribution in [0, 0.1) is 11.7 Å². The van der Waals surface area contributed by atoms with Crippen molar-refractivity contribution in [2.45, 2.75) is 12.8 Å². The van der Waals surface area contributed by atoms with Gasteiger partial charge in [0, 0.05) is 26.2 Å². The van der Waals surface area contributed by atoms with Crippen LogP contribution in [0.25, 0.3) is 6.08 Å². The van der Waals surface area contributed by atoms with Gasteiger partial charge in [-0.05, 0) is 36.5 Å². The van der Waals surface area contributed by atoms with E-state index in [1.807, 2.05) is 17.0 Å². The van der Waals surface area contributed by atoms with E-state index in [0.29, 0.717) is 12.5 Å². The number of aliphatic carboxylic acids is 2. The smallest absolute Gasteiger partial charge is 0.414 e. The molecule has 0 unspecified atom stereocenters. The molecule has 0 spiro atoms. The first kappa shape index (κ1) is 23.5. The van der Waals surface area contributed by atoms with Crippen LogP contribution < -0.4 is 0 Å². The number of amides is 1. The van der Waals surface area contributed by atoms with Gasteiger partial charge in [-0.3, -0.25) is 9.69 Å². The molecule has 2 saturated heterocycles. The van der Waals surface area contributed by atoms with Gasteiger partial charge in [0.05, 0.1) is 19.8 Å². The third-order valence-electron chi connectivity index (χ3n) is 4.95. The normalized spacial score (nSPS) is 18.0. The van der Waals surface area contributed by atoms with Gasteiger partial charge in [0.2, 0.25) is 5.91 Å². The molecule has 2 aliphatic rings. The molecule has 8 nitrogen and oxygen atoms in total. The maximum Gasteiger partial charge on any atom is 0.414 e. The lowest BCUT2D eigenvalue weighted by atomic mass is 9.95. The fourth-order valence-electron chi connectivity index (χ4n) is 3.25. The summed E-state index contributed by atoms with van der Waals surface area (Å²) in [5.41, 5.74) is 0.890. The summed E-state index contributed by atoms with van der Waals surface area (Å²) < 4.78 is 18.5. The Balaban J connectivity index is 0.000000469. The van der Waals surface area contributed by atoms with E-state index < -0.39 is 11.9 Å². The second-order valence-corrected chi connectivity index (χ2v) is 7.13. The van der Waals surface area contributed by atoms with Crippen molar-refractivity contribution in [3.8, 4) is 0 Å². The van der Waals surface area contributed by atoms with Gasteiger partial charge in [-0.1, -0.05) is 24.3 Å². The minimum Gasteiger partial charge on any atom is -0.473 e. The highest BCUT2D eigenvalue weighted by molar-refractivity contribution is 6.27. The molecule has 0 aromatic heterocycles. The average Bonchev–Trinajstić information content (AvgIpc) is 2.74. The van der Waals surface area contributed by atoms with Crippen LogP contribution in [0.5, 0.6) is 0 Å². The van der Waals surface area contributed by atoms with E-state index in [2.05, 4.69) is 11.0 Å². The number of hydrogen-bond acceptors (Lipinski definition) is 5. The lowest BCUT2D eigenvalue weighted by Gasteiger charge is -2.33. The molecular weight excluding hydrogens is 395 g/mol. The molecule has 0 aliphatic carbocycles. The van der Waals surface area contributed by atoms with Crippen LogP contribution in [-0.4, -0.2) is 83.8 Å². The van der Waals surface area contributed by atoms with Gasteiger partial charge < -0.3 is 19.8 Å². The Morgan fingerprint density at radius 3 is 2.27 bits per heavy atom. The number of piperidine rings is 1. The van der Waals surface area contributed by atoms with E-state index in [9.17, 15) is 9.18 Å². The molecule has 1 aromatic rings. The van der Waals surface area contributed by atoms with Crippen molar-refractivity contribution in [3.63, 3.8) is 0 Å². The number of nitrogens with zero attached hydrogens (tertiary/aromatic N) is 2. The van der Waals surface area contributed by atoms with Gasteiger partial charge >= 0.3 is 11.9 Å². The zero-order chi connectivity index (χ0) is 21.9. The molecule has 0 saturated carbocycles. The zero-order valence-corrected chi connectivity index (χ0v) is 16.7. The van der Waals surface area contributed by atoms with Gasteiger partial charge in [-0.15, -0.1) is 0 Å². The monoisotopic (exact) mass is 422 g/mol. The van der Waals surface area contributed by atoms with Crippen LogP contribution in [0.4, 0.5) is 4.39 Å². The van der Waals surface area contributed by atoms with Gasteiger partial charge in [-0.2, -0.15) is 0 Å². The predicted octanol–water partition coefficient (Wildman–Crippen LogP) is 1.57. The van der Waals surface area contributed by atoms with E-state index in [0.717, 1.165) is 57.8 Å². The molecule has 30 heavy (non-hydrogen) atoms. The number of halogens is 1. The molecule has 2 aliphatic heterocycles. The first-order valence-electron chi connectivity index (χ1n) is 9.83. The highest BCUT2D eigenvalue weighted by Gasteiger charge is 2.23. The van der Waals surface area contributed by atoms with Crippen LogP contribution in [-0.2, 0) is 19.1 Å². The number of carboxylic acids is 2. The van der Waals surface area contributed by atoms with Crippen molar-refractivity contribution in [1.82, 2.24) is 9.80 Å². The first-order valence-corrected chi connectivity index (χ1v) is 9.83. The molecular formula is C21H27FN2O6. The minimum atomic E-state index is -1.82. The number of carboxylic acid groups (broad SMARTS) is 2. The number of allylic oxidation sites excluding steroid dienone is 1. The summed E-state index contributed by atoms with van der Waals surface area (Å²) in [5.74, 6) is -3.17. The first-order chi connectivity index (χ1) is 14.3. The maximum atomic E-state index is 13.2. The predicted molar refractivity (Wildman–Crippen MR) is 107 cm³/mol. The molecule has 0 bridgehead atoms. The lowest BCUT2D eigenvalue weighted by Crippen LogP contribution is -2.46. The second kappa shape index (κ2) is 12.0. The molecule has 1 amide bonds. The standard InChI is InChI=1S/C19H25FN2O2.C2H2O4/c20-18-3-1-2-17(14-18)5-4-16-6-8-22(9-7-16)19(23)15-21-10-12-24-13-11-21;3-1(4)2(5)6/h1-5,14,16H,6-13,15H2;(H,3,4)(H,5,6)/b5-4+;. The van der Waals surface area contributed by atoms with E-state index >= 15 is 0 Å².